The summed E-state index contributed by atoms with van der Waals surface area (Å²) in [6.07, 6.45) is 1.46. The van der Waals surface area contributed by atoms with Crippen molar-refractivity contribution in [3.05, 3.63) is 51.7 Å². The van der Waals surface area contributed by atoms with Gasteiger partial charge in [-0.3, -0.25) is 4.72 Å². The molecule has 6 heteroatoms. The Morgan fingerprint density at radius 1 is 1.05 bits per heavy atom. The number of nitrogens with one attached hydrogen (secondary N) is 1. The van der Waals surface area contributed by atoms with Crippen LogP contribution in [0, 0.1) is 27.7 Å². The molecule has 0 amide bonds. The molecular weight excluding hydrogens is 308 g/mol. The Morgan fingerprint density at radius 3 is 2.14 bits per heavy atom. The van der Waals surface area contributed by atoms with Crippen LogP contribution in [0.2, 0.25) is 5.02 Å². The second-order valence-corrected chi connectivity index (χ2v) is 7.11. The third kappa shape index (κ3) is 3.19. The van der Waals surface area contributed by atoms with E-state index in [0.29, 0.717) is 9.92 Å². The van der Waals surface area contributed by atoms with Gasteiger partial charge in [-0.1, -0.05) is 17.7 Å². The fraction of sp³-hybridized carbons (Fsp3) is 0.267. The van der Waals surface area contributed by atoms with E-state index in [1.165, 1.54) is 12.3 Å². The van der Waals surface area contributed by atoms with E-state index >= 15 is 0 Å². The Kier molecular flexibility index (Phi) is 4.25. The summed E-state index contributed by atoms with van der Waals surface area (Å²) in [5, 5.41) is 0.427. The summed E-state index contributed by atoms with van der Waals surface area (Å²) in [5.74, 6) is 0.209. The van der Waals surface area contributed by atoms with E-state index in [2.05, 4.69) is 9.71 Å². The topological polar surface area (TPSA) is 59.1 Å². The zero-order valence-corrected chi connectivity index (χ0v) is 13.9. The molecule has 0 spiro atoms. The van der Waals surface area contributed by atoms with Crippen LogP contribution in [-0.2, 0) is 10.0 Å². The number of anilines is 1. The Bertz CT molecular complexity index is 775. The SMILES string of the molecule is Cc1cc(C)c(C)c(S(=O)(=O)Nc2cc(Cl)ccn2)c1C. The van der Waals surface area contributed by atoms with Gasteiger partial charge in [-0.2, -0.15) is 0 Å². The van der Waals surface area contributed by atoms with Crippen LogP contribution in [0.5, 0.6) is 0 Å². The highest BCUT2D eigenvalue weighted by molar-refractivity contribution is 7.92. The number of hydrogen-bond donors (Lipinski definition) is 1. The molecule has 4 nitrogen and oxygen atoms in total. The lowest BCUT2D eigenvalue weighted by Crippen LogP contribution is -2.17. The zero-order chi connectivity index (χ0) is 15.8. The fourth-order valence-corrected chi connectivity index (χ4v) is 4.01. The monoisotopic (exact) mass is 324 g/mol. The summed E-state index contributed by atoms with van der Waals surface area (Å²) in [7, 11) is -3.71. The smallest absolute Gasteiger partial charge is 0.263 e. The van der Waals surface area contributed by atoms with Crippen molar-refractivity contribution >= 4 is 27.4 Å². The Hall–Kier alpha value is -1.59. The molecule has 0 fully saturated rings. The molecule has 1 heterocycles. The number of pyridine rings is 1. The van der Waals surface area contributed by atoms with E-state index in [1.54, 1.807) is 6.07 Å². The van der Waals surface area contributed by atoms with Gasteiger partial charge in [0.25, 0.3) is 10.0 Å². The molecule has 0 radical (unpaired) electrons. The standard InChI is InChI=1S/C15H17ClN2O2S/c1-9-7-10(2)12(4)15(11(9)3)21(19,20)18-14-8-13(16)5-6-17-14/h5-8H,1-4H3,(H,17,18). The molecule has 0 saturated carbocycles. The van der Waals surface area contributed by atoms with Gasteiger partial charge in [-0.05, 0) is 56.0 Å². The maximum Gasteiger partial charge on any atom is 0.263 e. The van der Waals surface area contributed by atoms with Crippen LogP contribution in [-0.4, -0.2) is 13.4 Å². The molecule has 0 unspecified atom stereocenters. The lowest BCUT2D eigenvalue weighted by Gasteiger charge is -2.16. The van der Waals surface area contributed by atoms with Gasteiger partial charge in [0.1, 0.15) is 5.82 Å². The van der Waals surface area contributed by atoms with Crippen molar-refractivity contribution in [2.24, 2.45) is 0 Å². The summed E-state index contributed by atoms with van der Waals surface area (Å²) in [6, 6.07) is 5.06. The molecule has 0 saturated heterocycles. The van der Waals surface area contributed by atoms with Gasteiger partial charge in [0.15, 0.2) is 0 Å². The van der Waals surface area contributed by atoms with Crippen molar-refractivity contribution < 1.29 is 8.42 Å². The van der Waals surface area contributed by atoms with Crippen LogP contribution in [0.25, 0.3) is 0 Å². The number of rotatable bonds is 3. The highest BCUT2D eigenvalue weighted by Gasteiger charge is 2.22. The van der Waals surface area contributed by atoms with Gasteiger partial charge >= 0.3 is 0 Å². The fourth-order valence-electron chi connectivity index (χ4n) is 2.23. The highest BCUT2D eigenvalue weighted by Crippen LogP contribution is 2.27. The lowest BCUT2D eigenvalue weighted by atomic mass is 10.0. The maximum atomic E-state index is 12.7. The van der Waals surface area contributed by atoms with E-state index in [1.807, 2.05) is 33.8 Å². The normalized spacial score (nSPS) is 11.5. The van der Waals surface area contributed by atoms with Gasteiger partial charge in [0.05, 0.1) is 4.90 Å². The largest absolute Gasteiger partial charge is 0.263 e. The summed E-state index contributed by atoms with van der Waals surface area (Å²) < 4.78 is 27.8. The van der Waals surface area contributed by atoms with Gasteiger partial charge in [0.2, 0.25) is 0 Å². The first-order chi connectivity index (χ1) is 9.72. The molecule has 0 aliphatic carbocycles. The first kappa shape index (κ1) is 15.8. The summed E-state index contributed by atoms with van der Waals surface area (Å²) in [5.41, 5.74) is 3.37. The predicted octanol–water partition coefficient (Wildman–Crippen LogP) is 3.77. The minimum Gasteiger partial charge on any atom is -0.263 e. The molecule has 0 atom stereocenters. The van der Waals surface area contributed by atoms with Crippen molar-refractivity contribution in [2.45, 2.75) is 32.6 Å². The molecule has 1 N–H and O–H groups in total. The Labute approximate surface area is 130 Å². The molecular formula is C15H17ClN2O2S. The van der Waals surface area contributed by atoms with Crippen LogP contribution < -0.4 is 4.72 Å². The Morgan fingerprint density at radius 2 is 1.62 bits per heavy atom. The summed E-state index contributed by atoms with van der Waals surface area (Å²) in [4.78, 5) is 4.29. The third-order valence-corrected chi connectivity index (χ3v) is 5.39. The molecule has 112 valence electrons. The minimum absolute atomic E-state index is 0.209. The second kappa shape index (κ2) is 5.66. The summed E-state index contributed by atoms with van der Waals surface area (Å²) in [6.45, 7) is 7.42. The number of aromatic nitrogens is 1. The average Bonchev–Trinajstić information content (AvgIpc) is 2.35. The highest BCUT2D eigenvalue weighted by atomic mass is 35.5. The van der Waals surface area contributed by atoms with Crippen molar-refractivity contribution in [3.63, 3.8) is 0 Å². The van der Waals surface area contributed by atoms with Crippen LogP contribution in [0.1, 0.15) is 22.3 Å². The van der Waals surface area contributed by atoms with Gasteiger partial charge in [-0.15, -0.1) is 0 Å². The summed E-state index contributed by atoms with van der Waals surface area (Å²) >= 11 is 5.86. The minimum atomic E-state index is -3.71. The molecule has 0 aliphatic heterocycles. The zero-order valence-electron chi connectivity index (χ0n) is 12.4. The number of benzene rings is 1. The quantitative estimate of drug-likeness (QED) is 0.935. The van der Waals surface area contributed by atoms with Crippen LogP contribution in [0.4, 0.5) is 5.82 Å². The molecule has 0 aliphatic rings. The third-order valence-electron chi connectivity index (χ3n) is 3.53. The number of halogens is 1. The van der Waals surface area contributed by atoms with Crippen LogP contribution >= 0.6 is 11.6 Å². The van der Waals surface area contributed by atoms with Crippen LogP contribution in [0.15, 0.2) is 29.3 Å². The van der Waals surface area contributed by atoms with Crippen molar-refractivity contribution in [3.8, 4) is 0 Å². The number of aryl methyl sites for hydroxylation is 2. The molecule has 2 rings (SSSR count). The first-order valence-corrected chi connectivity index (χ1v) is 8.30. The predicted molar refractivity (Wildman–Crippen MR) is 85.4 cm³/mol. The van der Waals surface area contributed by atoms with Gasteiger partial charge < -0.3 is 0 Å². The van der Waals surface area contributed by atoms with Crippen molar-refractivity contribution in [2.75, 3.05) is 4.72 Å². The number of hydrogen-bond acceptors (Lipinski definition) is 3. The average molecular weight is 325 g/mol. The maximum absolute atomic E-state index is 12.7. The molecule has 21 heavy (non-hydrogen) atoms. The molecule has 0 bridgehead atoms. The number of nitrogens with zero attached hydrogens (tertiary/aromatic N) is 1. The van der Waals surface area contributed by atoms with Crippen molar-refractivity contribution in [1.29, 1.82) is 0 Å². The van der Waals surface area contributed by atoms with E-state index in [-0.39, 0.29) is 5.82 Å². The van der Waals surface area contributed by atoms with E-state index in [4.69, 9.17) is 11.6 Å². The molecule has 2 aromatic rings. The molecule has 1 aromatic carbocycles. The van der Waals surface area contributed by atoms with E-state index in [0.717, 1.165) is 22.3 Å². The van der Waals surface area contributed by atoms with Crippen LogP contribution in [0.3, 0.4) is 0 Å². The van der Waals surface area contributed by atoms with Gasteiger partial charge in [-0.25, -0.2) is 13.4 Å². The first-order valence-electron chi connectivity index (χ1n) is 6.44. The second-order valence-electron chi connectivity index (χ2n) is 5.05. The number of sulfonamides is 1. The van der Waals surface area contributed by atoms with Gasteiger partial charge in [0, 0.05) is 17.3 Å². The van der Waals surface area contributed by atoms with E-state index in [9.17, 15) is 8.42 Å². The Balaban J connectivity index is 2.55. The lowest BCUT2D eigenvalue weighted by molar-refractivity contribution is 0.599. The van der Waals surface area contributed by atoms with E-state index < -0.39 is 10.0 Å². The molecule has 1 aromatic heterocycles. The van der Waals surface area contributed by atoms with Crippen molar-refractivity contribution in [1.82, 2.24) is 4.98 Å².